The van der Waals surface area contributed by atoms with E-state index in [0.717, 1.165) is 53.6 Å². The predicted molar refractivity (Wildman–Crippen MR) is 184 cm³/mol. The fourth-order valence-electron chi connectivity index (χ4n) is 5.92. The second-order valence-corrected chi connectivity index (χ2v) is 12.0. The van der Waals surface area contributed by atoms with Crippen LogP contribution in [0.3, 0.4) is 0 Å². The highest BCUT2D eigenvalue weighted by molar-refractivity contribution is 5.91. The normalized spacial score (nSPS) is 15.8. The monoisotopic (exact) mass is 626 g/mol. The van der Waals surface area contributed by atoms with E-state index in [1.807, 2.05) is 99.0 Å². The van der Waals surface area contributed by atoms with Crippen LogP contribution < -0.4 is 20.4 Å². The minimum Gasteiger partial charge on any atom is -0.378 e. The molecule has 11 nitrogen and oxygen atoms in total. The Morgan fingerprint density at radius 2 is 1.66 bits per heavy atom. The van der Waals surface area contributed by atoms with Gasteiger partial charge in [-0.2, -0.15) is 10.4 Å². The molecule has 3 heterocycles. The van der Waals surface area contributed by atoms with Crippen LogP contribution >= 0.6 is 0 Å². The summed E-state index contributed by atoms with van der Waals surface area (Å²) in [7, 11) is 5.86. The SMILES string of the molecule is CN(C)c1ccc(-c2nc(N[C@H]3CC[C@H](N(C(=O)NCc4ccccc4)c4ccc(-c5cnn(C)c5)cn4)CC3)ncc2C#N)cc1. The lowest BCUT2D eigenvalue weighted by Crippen LogP contribution is -2.49. The molecule has 1 fully saturated rings. The molecule has 0 unspecified atom stereocenters. The molecular formula is C36H38N10O. The molecule has 1 aliphatic rings. The molecule has 47 heavy (non-hydrogen) atoms. The number of hydrogen-bond acceptors (Lipinski definition) is 8. The molecule has 2 amide bonds. The molecule has 3 aromatic heterocycles. The summed E-state index contributed by atoms with van der Waals surface area (Å²) in [6.07, 6.45) is 10.3. The predicted octanol–water partition coefficient (Wildman–Crippen LogP) is 6.02. The first-order valence-corrected chi connectivity index (χ1v) is 15.8. The number of carbonyl (C=O) groups is 1. The van der Waals surface area contributed by atoms with Gasteiger partial charge in [-0.25, -0.2) is 19.7 Å². The van der Waals surface area contributed by atoms with Crippen molar-refractivity contribution in [2.45, 2.75) is 44.3 Å². The quantitative estimate of drug-likeness (QED) is 0.203. The summed E-state index contributed by atoms with van der Waals surface area (Å²) in [5.41, 5.74) is 5.90. The average Bonchev–Trinajstić information content (AvgIpc) is 3.55. The van der Waals surface area contributed by atoms with Gasteiger partial charge >= 0.3 is 6.03 Å². The molecule has 0 atom stereocenters. The molecule has 11 heteroatoms. The van der Waals surface area contributed by atoms with Crippen LogP contribution in [0, 0.1) is 11.3 Å². The summed E-state index contributed by atoms with van der Waals surface area (Å²) >= 11 is 0. The minimum absolute atomic E-state index is 0.0341. The van der Waals surface area contributed by atoms with E-state index in [9.17, 15) is 10.1 Å². The third-order valence-electron chi connectivity index (χ3n) is 8.50. The van der Waals surface area contributed by atoms with E-state index in [0.29, 0.717) is 29.6 Å². The largest absolute Gasteiger partial charge is 0.378 e. The van der Waals surface area contributed by atoms with Gasteiger partial charge in [0.2, 0.25) is 5.95 Å². The Morgan fingerprint density at radius 3 is 2.30 bits per heavy atom. The van der Waals surface area contributed by atoms with Crippen molar-refractivity contribution in [3.05, 3.63) is 103 Å². The van der Waals surface area contributed by atoms with Crippen LogP contribution in [0.2, 0.25) is 0 Å². The highest BCUT2D eigenvalue weighted by Gasteiger charge is 2.31. The van der Waals surface area contributed by atoms with Gasteiger partial charge in [-0.1, -0.05) is 42.5 Å². The van der Waals surface area contributed by atoms with Crippen molar-refractivity contribution in [2.75, 3.05) is 29.2 Å². The number of anilines is 3. The van der Waals surface area contributed by atoms with Gasteiger partial charge in [0, 0.05) is 74.5 Å². The van der Waals surface area contributed by atoms with Crippen LogP contribution in [0.4, 0.5) is 22.2 Å². The number of rotatable bonds is 9. The van der Waals surface area contributed by atoms with Crippen LogP contribution in [0.5, 0.6) is 0 Å². The van der Waals surface area contributed by atoms with Crippen LogP contribution in [0.25, 0.3) is 22.4 Å². The number of hydrogen-bond donors (Lipinski definition) is 2. The minimum atomic E-state index is -0.174. The summed E-state index contributed by atoms with van der Waals surface area (Å²) in [6.45, 7) is 0.428. The summed E-state index contributed by atoms with van der Waals surface area (Å²) < 4.78 is 1.76. The number of nitriles is 1. The van der Waals surface area contributed by atoms with E-state index < -0.39 is 0 Å². The van der Waals surface area contributed by atoms with E-state index in [-0.39, 0.29) is 18.1 Å². The Balaban J connectivity index is 1.16. The zero-order chi connectivity index (χ0) is 32.8. The fourth-order valence-corrected chi connectivity index (χ4v) is 5.92. The number of carbonyl (C=O) groups excluding carboxylic acids is 1. The lowest BCUT2D eigenvalue weighted by atomic mass is 9.90. The highest BCUT2D eigenvalue weighted by Crippen LogP contribution is 2.30. The molecule has 1 aliphatic carbocycles. The molecule has 0 bridgehead atoms. The molecule has 2 aromatic carbocycles. The molecule has 5 aromatic rings. The smallest absolute Gasteiger partial charge is 0.323 e. The van der Waals surface area contributed by atoms with E-state index >= 15 is 0 Å². The van der Waals surface area contributed by atoms with E-state index in [1.54, 1.807) is 28.2 Å². The first-order chi connectivity index (χ1) is 22.9. The van der Waals surface area contributed by atoms with Crippen LogP contribution in [-0.4, -0.2) is 56.9 Å². The fraction of sp³-hybridized carbons (Fsp3) is 0.278. The summed E-state index contributed by atoms with van der Waals surface area (Å²) in [6, 6.07) is 23.9. The third-order valence-corrected chi connectivity index (χ3v) is 8.50. The molecule has 2 N–H and O–H groups in total. The van der Waals surface area contributed by atoms with Crippen molar-refractivity contribution in [1.29, 1.82) is 5.26 Å². The average molecular weight is 627 g/mol. The van der Waals surface area contributed by atoms with E-state index in [1.165, 1.54) is 0 Å². The lowest BCUT2D eigenvalue weighted by Gasteiger charge is -2.36. The number of nitrogens with zero attached hydrogens (tertiary/aromatic N) is 8. The first-order valence-electron chi connectivity index (χ1n) is 15.8. The maximum atomic E-state index is 13.7. The first kappa shape index (κ1) is 31.2. The van der Waals surface area contributed by atoms with Gasteiger partial charge in [-0.15, -0.1) is 0 Å². The van der Waals surface area contributed by atoms with Gasteiger partial charge in [0.15, 0.2) is 0 Å². The van der Waals surface area contributed by atoms with Crippen molar-refractivity contribution in [1.82, 2.24) is 30.0 Å². The van der Waals surface area contributed by atoms with Crippen LogP contribution in [0.1, 0.15) is 36.8 Å². The molecule has 0 aliphatic heterocycles. The second kappa shape index (κ2) is 14.1. The van der Waals surface area contributed by atoms with Gasteiger partial charge in [0.25, 0.3) is 0 Å². The zero-order valence-corrected chi connectivity index (χ0v) is 26.8. The van der Waals surface area contributed by atoms with Crippen molar-refractivity contribution in [3.8, 4) is 28.5 Å². The number of pyridine rings is 1. The zero-order valence-electron chi connectivity index (χ0n) is 26.8. The number of amides is 2. The second-order valence-electron chi connectivity index (χ2n) is 12.0. The molecule has 6 rings (SSSR count). The van der Waals surface area contributed by atoms with Crippen LogP contribution in [-0.2, 0) is 13.6 Å². The lowest BCUT2D eigenvalue weighted by molar-refractivity contribution is 0.240. The van der Waals surface area contributed by atoms with Crippen molar-refractivity contribution in [2.24, 2.45) is 7.05 Å². The Kier molecular flexibility index (Phi) is 9.38. The number of nitrogens with one attached hydrogen (secondary N) is 2. The van der Waals surface area contributed by atoms with E-state index in [4.69, 9.17) is 9.97 Å². The van der Waals surface area contributed by atoms with Crippen molar-refractivity contribution >= 4 is 23.5 Å². The van der Waals surface area contributed by atoms with Crippen molar-refractivity contribution < 1.29 is 4.79 Å². The number of urea groups is 1. The molecular weight excluding hydrogens is 588 g/mol. The van der Waals surface area contributed by atoms with E-state index in [2.05, 4.69) is 26.8 Å². The summed E-state index contributed by atoms with van der Waals surface area (Å²) in [5.74, 6) is 1.10. The Labute approximate surface area is 274 Å². The number of aromatic nitrogens is 5. The Morgan fingerprint density at radius 1 is 0.915 bits per heavy atom. The summed E-state index contributed by atoms with van der Waals surface area (Å²) in [5, 5.41) is 20.6. The number of benzene rings is 2. The van der Waals surface area contributed by atoms with Gasteiger partial charge in [-0.05, 0) is 55.5 Å². The van der Waals surface area contributed by atoms with Gasteiger partial charge < -0.3 is 15.5 Å². The standard InChI is InChI=1S/C36H38N10O/c1-44(2)31-14-9-26(10-15-31)34-28(19-37)22-39-35(43-34)42-30-12-16-32(17-13-30)46(36(47)40-20-25-7-5-4-6-8-25)33-18-11-27(21-38-33)29-23-41-45(3)24-29/h4-11,14-15,18,21-24,30,32H,12-13,16-17,20H2,1-3H3,(H,40,47)(H,39,42,43)/t30-,32-. The highest BCUT2D eigenvalue weighted by atomic mass is 16.2. The van der Waals surface area contributed by atoms with Crippen molar-refractivity contribution in [3.63, 3.8) is 0 Å². The third kappa shape index (κ3) is 7.39. The Bertz CT molecular complexity index is 1840. The topological polar surface area (TPSA) is 128 Å². The van der Waals surface area contributed by atoms with Gasteiger partial charge in [-0.3, -0.25) is 9.58 Å². The van der Waals surface area contributed by atoms with Gasteiger partial charge in [0.05, 0.1) is 23.7 Å². The molecule has 0 radical (unpaired) electrons. The Hall–Kier alpha value is -5.76. The van der Waals surface area contributed by atoms with Gasteiger partial charge in [0.1, 0.15) is 11.9 Å². The molecule has 1 saturated carbocycles. The maximum absolute atomic E-state index is 13.7. The summed E-state index contributed by atoms with van der Waals surface area (Å²) in [4.78, 5) is 31.5. The number of aryl methyl sites for hydroxylation is 1. The maximum Gasteiger partial charge on any atom is 0.323 e. The molecule has 238 valence electrons. The van der Waals surface area contributed by atoms with Crippen LogP contribution in [0.15, 0.2) is 91.5 Å². The molecule has 0 saturated heterocycles. The molecule has 0 spiro atoms.